The minimum absolute atomic E-state index is 0.263. The highest BCUT2D eigenvalue weighted by Crippen LogP contribution is 2.51. The maximum absolute atomic E-state index is 2.72. The van der Waals surface area contributed by atoms with Crippen molar-refractivity contribution in [2.45, 2.75) is 56.4 Å². The number of hydrogen-bond donors (Lipinski definition) is 0. The summed E-state index contributed by atoms with van der Waals surface area (Å²) in [5.74, 6) is 1.29. The number of rotatable bonds is 8. The average Bonchev–Trinajstić information content (AvgIpc) is 3.94. The van der Waals surface area contributed by atoms with Gasteiger partial charge in [0, 0.05) is 39.7 Å². The Kier molecular flexibility index (Phi) is 10.3. The second kappa shape index (κ2) is 17.2. The number of anilines is 1. The summed E-state index contributed by atoms with van der Waals surface area (Å²) in [4.78, 5) is 2.72. The van der Waals surface area contributed by atoms with Gasteiger partial charge in [0.2, 0.25) is 0 Å². The van der Waals surface area contributed by atoms with Crippen LogP contribution in [0.15, 0.2) is 242 Å². The first-order chi connectivity index (χ1) is 33.7. The third kappa shape index (κ3) is 7.18. The minimum Gasteiger partial charge on any atom is -0.336 e. The number of hydrogen-bond acceptors (Lipinski definition) is 1. The maximum atomic E-state index is 2.72. The third-order valence-corrected chi connectivity index (χ3v) is 15.5. The second-order valence-electron chi connectivity index (χ2n) is 19.4. The number of aromatic nitrogens is 1. The van der Waals surface area contributed by atoms with Crippen molar-refractivity contribution in [1.82, 2.24) is 4.57 Å². The van der Waals surface area contributed by atoms with Gasteiger partial charge in [-0.15, -0.1) is 0 Å². The third-order valence-electron chi connectivity index (χ3n) is 15.5. The molecule has 0 spiro atoms. The SMILES string of the molecule is C1=CC2C3=C(C(c4ccc5c(c4)c4ccccc4n5-c4ccc(-c5ccc(-c6cccc(-c7cccc(-c8ccccc8)c7)c6)cc5)cc4)CC=C3)N(c3cccc(C4CCCCC4)c3)C2C=C1. The molecule has 2 heteroatoms. The first-order valence-electron chi connectivity index (χ1n) is 24.9. The summed E-state index contributed by atoms with van der Waals surface area (Å²) < 4.78 is 2.46. The molecule has 1 aromatic heterocycles. The van der Waals surface area contributed by atoms with E-state index in [-0.39, 0.29) is 12.0 Å². The number of nitrogens with zero attached hydrogens (tertiary/aromatic N) is 2. The molecule has 0 N–H and O–H groups in total. The van der Waals surface area contributed by atoms with Crippen LogP contribution in [0.3, 0.4) is 0 Å². The summed E-state index contributed by atoms with van der Waals surface area (Å²) in [5, 5.41) is 2.60. The lowest BCUT2D eigenvalue weighted by molar-refractivity contribution is 0.443. The van der Waals surface area contributed by atoms with Crippen molar-refractivity contribution < 1.29 is 0 Å². The topological polar surface area (TPSA) is 8.17 Å². The van der Waals surface area contributed by atoms with E-state index in [1.165, 1.54) is 132 Å². The van der Waals surface area contributed by atoms with E-state index >= 15 is 0 Å². The Balaban J connectivity index is 0.800. The van der Waals surface area contributed by atoms with Crippen LogP contribution in [-0.4, -0.2) is 10.6 Å². The lowest BCUT2D eigenvalue weighted by atomic mass is 9.82. The van der Waals surface area contributed by atoms with Crippen molar-refractivity contribution in [2.24, 2.45) is 5.92 Å². The van der Waals surface area contributed by atoms with E-state index in [9.17, 15) is 0 Å². The van der Waals surface area contributed by atoms with Crippen LogP contribution in [0.5, 0.6) is 0 Å². The van der Waals surface area contributed by atoms with Crippen molar-refractivity contribution in [3.05, 3.63) is 253 Å². The van der Waals surface area contributed by atoms with Gasteiger partial charge in [0.15, 0.2) is 0 Å². The summed E-state index contributed by atoms with van der Waals surface area (Å²) in [7, 11) is 0. The molecule has 9 aromatic rings. The average molecular weight is 875 g/mol. The van der Waals surface area contributed by atoms with E-state index < -0.39 is 0 Å². The first kappa shape index (κ1) is 40.6. The molecule has 1 fully saturated rings. The van der Waals surface area contributed by atoms with Gasteiger partial charge < -0.3 is 9.47 Å². The lowest BCUT2D eigenvalue weighted by Crippen LogP contribution is -2.34. The summed E-state index contributed by atoms with van der Waals surface area (Å²) in [5.41, 5.74) is 20.6. The lowest BCUT2D eigenvalue weighted by Gasteiger charge is -2.35. The van der Waals surface area contributed by atoms with Gasteiger partial charge >= 0.3 is 0 Å². The Morgan fingerprint density at radius 2 is 1.01 bits per heavy atom. The van der Waals surface area contributed by atoms with Crippen LogP contribution in [0.25, 0.3) is 72.0 Å². The van der Waals surface area contributed by atoms with Gasteiger partial charge in [-0.05, 0) is 141 Å². The molecule has 0 amide bonds. The molecule has 328 valence electrons. The van der Waals surface area contributed by atoms with E-state index in [0.29, 0.717) is 11.8 Å². The maximum Gasteiger partial charge on any atom is 0.0626 e. The standard InChI is InChI=1S/C66H54N2/c1-3-15-45(16-4-1)50-19-11-21-52(41-50)53-22-12-20-51(42-53)49-33-31-47(32-34-49)48-35-38-56(39-36-48)67-63-29-9-8-26-60(63)62-44-55(37-40-65(62)67)58-27-14-28-61-59-25-7-10-30-64(59)68(66(58)61)57-24-13-23-54(43-57)46-17-5-2-6-18-46/h1,3-4,7-16,19-26,28-44,46,58-59,64H,2,5-6,17-18,27H2. The number of para-hydroxylation sites is 1. The normalized spacial score (nSPS) is 18.9. The quantitative estimate of drug-likeness (QED) is 0.148. The molecule has 3 atom stereocenters. The minimum atomic E-state index is 0.263. The van der Waals surface area contributed by atoms with Gasteiger partial charge in [-0.2, -0.15) is 0 Å². The predicted octanol–water partition coefficient (Wildman–Crippen LogP) is 17.4. The highest BCUT2D eigenvalue weighted by molar-refractivity contribution is 6.09. The van der Waals surface area contributed by atoms with Gasteiger partial charge in [-0.25, -0.2) is 0 Å². The zero-order chi connectivity index (χ0) is 45.0. The van der Waals surface area contributed by atoms with Gasteiger partial charge in [-0.1, -0.05) is 195 Å². The molecule has 3 aliphatic carbocycles. The molecular formula is C66H54N2. The van der Waals surface area contributed by atoms with Crippen molar-refractivity contribution in [1.29, 1.82) is 0 Å². The highest BCUT2D eigenvalue weighted by atomic mass is 15.2. The largest absolute Gasteiger partial charge is 0.336 e. The van der Waals surface area contributed by atoms with E-state index in [2.05, 4.69) is 240 Å². The smallest absolute Gasteiger partial charge is 0.0626 e. The molecule has 1 aliphatic heterocycles. The molecule has 2 nitrogen and oxygen atoms in total. The summed E-state index contributed by atoms with van der Waals surface area (Å²) in [6, 6.07) is 72.7. The molecular weight excluding hydrogens is 821 g/mol. The van der Waals surface area contributed by atoms with Crippen LogP contribution >= 0.6 is 0 Å². The Labute approximate surface area is 400 Å². The molecule has 13 rings (SSSR count). The Morgan fingerprint density at radius 1 is 0.412 bits per heavy atom. The monoisotopic (exact) mass is 874 g/mol. The van der Waals surface area contributed by atoms with E-state index in [4.69, 9.17) is 0 Å². The zero-order valence-corrected chi connectivity index (χ0v) is 38.4. The molecule has 0 saturated heterocycles. The highest BCUT2D eigenvalue weighted by Gasteiger charge is 2.43. The van der Waals surface area contributed by atoms with Gasteiger partial charge in [0.05, 0.1) is 17.1 Å². The zero-order valence-electron chi connectivity index (χ0n) is 38.4. The van der Waals surface area contributed by atoms with Crippen LogP contribution in [0, 0.1) is 5.92 Å². The number of benzene rings is 8. The van der Waals surface area contributed by atoms with E-state index in [0.717, 1.165) is 6.42 Å². The molecule has 0 radical (unpaired) electrons. The van der Waals surface area contributed by atoms with Crippen molar-refractivity contribution in [2.75, 3.05) is 4.90 Å². The molecule has 3 unspecified atom stereocenters. The van der Waals surface area contributed by atoms with Crippen LogP contribution in [-0.2, 0) is 0 Å². The first-order valence-corrected chi connectivity index (χ1v) is 24.9. The van der Waals surface area contributed by atoms with Gasteiger partial charge in [0.1, 0.15) is 0 Å². The molecule has 8 aromatic carbocycles. The molecule has 1 saturated carbocycles. The Bertz CT molecular complexity index is 3460. The number of allylic oxidation sites excluding steroid dienone is 5. The van der Waals surface area contributed by atoms with Crippen LogP contribution < -0.4 is 4.90 Å². The fourth-order valence-electron chi connectivity index (χ4n) is 12.1. The van der Waals surface area contributed by atoms with Crippen LogP contribution in [0.2, 0.25) is 0 Å². The molecule has 68 heavy (non-hydrogen) atoms. The van der Waals surface area contributed by atoms with Crippen molar-refractivity contribution >= 4 is 27.5 Å². The Morgan fingerprint density at radius 3 is 1.76 bits per heavy atom. The van der Waals surface area contributed by atoms with Gasteiger partial charge in [-0.3, -0.25) is 0 Å². The fraction of sp³-hybridized carbons (Fsp3) is 0.152. The fourth-order valence-corrected chi connectivity index (χ4v) is 12.1. The Hall–Kier alpha value is -7.68. The number of fused-ring (bicyclic) bond motifs is 5. The summed E-state index contributed by atoms with van der Waals surface area (Å²) in [6.07, 6.45) is 21.9. The molecule has 4 aliphatic rings. The van der Waals surface area contributed by atoms with E-state index in [1.807, 2.05) is 0 Å². The molecule has 0 bridgehead atoms. The summed E-state index contributed by atoms with van der Waals surface area (Å²) >= 11 is 0. The summed E-state index contributed by atoms with van der Waals surface area (Å²) in [6.45, 7) is 0. The van der Waals surface area contributed by atoms with Crippen molar-refractivity contribution in [3.8, 4) is 50.2 Å². The van der Waals surface area contributed by atoms with Crippen molar-refractivity contribution in [3.63, 3.8) is 0 Å². The molecule has 2 heterocycles. The van der Waals surface area contributed by atoms with Crippen LogP contribution in [0.4, 0.5) is 5.69 Å². The van der Waals surface area contributed by atoms with Crippen LogP contribution in [0.1, 0.15) is 61.5 Å². The second-order valence-corrected chi connectivity index (χ2v) is 19.4. The van der Waals surface area contributed by atoms with E-state index in [1.54, 1.807) is 0 Å². The van der Waals surface area contributed by atoms with Gasteiger partial charge in [0.25, 0.3) is 0 Å². The predicted molar refractivity (Wildman–Crippen MR) is 286 cm³/mol.